The van der Waals surface area contributed by atoms with Crippen molar-refractivity contribution < 1.29 is 13.9 Å². The van der Waals surface area contributed by atoms with Gasteiger partial charge in [-0.15, -0.1) is 0 Å². The number of ether oxygens (including phenoxy) is 1. The molecule has 0 amide bonds. The topological polar surface area (TPSA) is 26.3 Å². The van der Waals surface area contributed by atoms with Crippen LogP contribution in [0, 0.1) is 29.0 Å². The van der Waals surface area contributed by atoms with Gasteiger partial charge < -0.3 is 4.74 Å². The number of hydrogen-bond donors (Lipinski definition) is 0. The average Bonchev–Trinajstić information content (AvgIpc) is 3.36. The SMILES string of the molecule is CC(=O)c1cc(C2CC2)c(OCC23CC4CC(CC(C4)C2)C3)cc1F. The van der Waals surface area contributed by atoms with Crippen LogP contribution in [0.1, 0.15) is 80.1 Å². The monoisotopic (exact) mass is 342 g/mol. The van der Waals surface area contributed by atoms with Crippen molar-refractivity contribution in [3.8, 4) is 5.75 Å². The fourth-order valence-electron chi connectivity index (χ4n) is 6.38. The van der Waals surface area contributed by atoms with Crippen LogP contribution >= 0.6 is 0 Å². The molecule has 0 atom stereocenters. The van der Waals surface area contributed by atoms with Crippen LogP contribution in [0.4, 0.5) is 4.39 Å². The van der Waals surface area contributed by atoms with Crippen LogP contribution in [-0.2, 0) is 0 Å². The summed E-state index contributed by atoms with van der Waals surface area (Å²) in [7, 11) is 0. The van der Waals surface area contributed by atoms with Crippen LogP contribution in [0.15, 0.2) is 12.1 Å². The van der Waals surface area contributed by atoms with Gasteiger partial charge in [-0.25, -0.2) is 4.39 Å². The minimum Gasteiger partial charge on any atom is -0.493 e. The molecule has 5 aliphatic rings. The van der Waals surface area contributed by atoms with E-state index in [9.17, 15) is 9.18 Å². The third-order valence-corrected chi connectivity index (χ3v) is 7.19. The first-order valence-electron chi connectivity index (χ1n) is 9.98. The lowest BCUT2D eigenvalue weighted by molar-refractivity contribution is -0.0746. The van der Waals surface area contributed by atoms with Crippen LogP contribution in [0.3, 0.4) is 0 Å². The minimum atomic E-state index is -0.433. The Kier molecular flexibility index (Phi) is 3.52. The summed E-state index contributed by atoms with van der Waals surface area (Å²) in [5.74, 6) is 3.20. The molecule has 25 heavy (non-hydrogen) atoms. The van der Waals surface area contributed by atoms with Gasteiger partial charge >= 0.3 is 0 Å². The molecule has 0 saturated heterocycles. The van der Waals surface area contributed by atoms with Crippen molar-refractivity contribution in [2.24, 2.45) is 23.2 Å². The number of hydrogen-bond acceptors (Lipinski definition) is 2. The van der Waals surface area contributed by atoms with Gasteiger partial charge in [-0.2, -0.15) is 0 Å². The summed E-state index contributed by atoms with van der Waals surface area (Å²) in [6.07, 6.45) is 10.4. The zero-order valence-electron chi connectivity index (χ0n) is 15.0. The molecule has 0 N–H and O–H groups in total. The van der Waals surface area contributed by atoms with E-state index < -0.39 is 5.82 Å². The molecule has 134 valence electrons. The number of carbonyl (C=O) groups excluding carboxylic acids is 1. The first-order valence-corrected chi connectivity index (χ1v) is 9.98. The highest BCUT2D eigenvalue weighted by Gasteiger charge is 2.51. The third-order valence-electron chi connectivity index (χ3n) is 7.19. The maximum atomic E-state index is 14.3. The zero-order chi connectivity index (χ0) is 17.2. The second-order valence-electron chi connectivity index (χ2n) is 9.41. The molecule has 5 aliphatic carbocycles. The lowest BCUT2D eigenvalue weighted by Crippen LogP contribution is -2.48. The molecule has 2 nitrogen and oxygen atoms in total. The Morgan fingerprint density at radius 3 is 2.24 bits per heavy atom. The van der Waals surface area contributed by atoms with Gasteiger partial charge in [0, 0.05) is 11.5 Å². The van der Waals surface area contributed by atoms with E-state index in [2.05, 4.69) is 0 Å². The Labute approximate surface area is 149 Å². The molecule has 1 aromatic rings. The van der Waals surface area contributed by atoms with Gasteiger partial charge in [0.05, 0.1) is 12.2 Å². The normalized spacial score (nSPS) is 35.8. The minimum absolute atomic E-state index is 0.202. The Morgan fingerprint density at radius 1 is 1.12 bits per heavy atom. The van der Waals surface area contributed by atoms with Gasteiger partial charge in [-0.05, 0) is 93.6 Å². The second kappa shape index (κ2) is 5.56. The molecular weight excluding hydrogens is 315 g/mol. The number of halogens is 1. The second-order valence-corrected chi connectivity index (χ2v) is 9.41. The van der Waals surface area contributed by atoms with Gasteiger partial charge in [0.2, 0.25) is 0 Å². The van der Waals surface area contributed by atoms with Crippen molar-refractivity contribution in [2.45, 2.75) is 64.2 Å². The van der Waals surface area contributed by atoms with Gasteiger partial charge in [0.1, 0.15) is 11.6 Å². The van der Waals surface area contributed by atoms with Crippen molar-refractivity contribution in [1.82, 2.24) is 0 Å². The maximum absolute atomic E-state index is 14.3. The highest BCUT2D eigenvalue weighted by atomic mass is 19.1. The van der Waals surface area contributed by atoms with Crippen molar-refractivity contribution >= 4 is 5.78 Å². The first-order chi connectivity index (χ1) is 12.0. The highest BCUT2D eigenvalue weighted by molar-refractivity contribution is 5.94. The molecule has 5 fully saturated rings. The molecule has 5 saturated carbocycles. The predicted molar refractivity (Wildman–Crippen MR) is 94.5 cm³/mol. The van der Waals surface area contributed by atoms with E-state index in [1.807, 2.05) is 0 Å². The van der Waals surface area contributed by atoms with Crippen LogP contribution < -0.4 is 4.74 Å². The lowest BCUT2D eigenvalue weighted by atomic mass is 9.50. The van der Waals surface area contributed by atoms with Crippen LogP contribution in [0.5, 0.6) is 5.75 Å². The van der Waals surface area contributed by atoms with Gasteiger partial charge in [-0.1, -0.05) is 0 Å². The molecule has 1 aromatic carbocycles. The predicted octanol–water partition coefficient (Wildman–Crippen LogP) is 5.50. The van der Waals surface area contributed by atoms with E-state index in [-0.39, 0.29) is 11.3 Å². The molecule has 0 spiro atoms. The van der Waals surface area contributed by atoms with Crippen LogP contribution in [0.25, 0.3) is 0 Å². The Bertz CT molecular complexity index is 684. The van der Waals surface area contributed by atoms with Crippen molar-refractivity contribution in [1.29, 1.82) is 0 Å². The standard InChI is InChI=1S/C22H27FO2/c1-13(24)18-7-19(17-2-3-17)21(8-20(18)23)25-12-22-9-14-4-15(10-22)6-16(5-14)11-22/h7-8,14-17H,2-6,9-12H2,1H3. The van der Waals surface area contributed by atoms with Gasteiger partial charge in [-0.3, -0.25) is 4.79 Å². The summed E-state index contributed by atoms with van der Waals surface area (Å²) in [5.41, 5.74) is 1.59. The number of Topliss-reactive ketones (excluding diaryl/α,β-unsaturated/α-hetero) is 1. The number of carbonyl (C=O) groups is 1. The van der Waals surface area contributed by atoms with Crippen molar-refractivity contribution in [3.63, 3.8) is 0 Å². The van der Waals surface area contributed by atoms with Gasteiger partial charge in [0.25, 0.3) is 0 Å². The number of rotatable bonds is 5. The molecular formula is C22H27FO2. The fourth-order valence-corrected chi connectivity index (χ4v) is 6.38. The Balaban J connectivity index is 1.39. The molecule has 0 radical (unpaired) electrons. The largest absolute Gasteiger partial charge is 0.493 e. The molecule has 0 aliphatic heterocycles. The van der Waals surface area contributed by atoms with Crippen molar-refractivity contribution in [3.05, 3.63) is 29.1 Å². The van der Waals surface area contributed by atoms with Crippen LogP contribution in [0.2, 0.25) is 0 Å². The van der Waals surface area contributed by atoms with Gasteiger partial charge in [0.15, 0.2) is 5.78 Å². The molecule has 0 heterocycles. The number of benzene rings is 1. The fraction of sp³-hybridized carbons (Fsp3) is 0.682. The lowest BCUT2D eigenvalue weighted by Gasteiger charge is -2.56. The third kappa shape index (κ3) is 2.80. The average molecular weight is 342 g/mol. The summed E-state index contributed by atoms with van der Waals surface area (Å²) < 4.78 is 20.6. The highest BCUT2D eigenvalue weighted by Crippen LogP contribution is 2.60. The van der Waals surface area contributed by atoms with E-state index in [0.29, 0.717) is 17.1 Å². The Hall–Kier alpha value is -1.38. The van der Waals surface area contributed by atoms with E-state index in [0.717, 1.165) is 42.8 Å². The molecule has 3 heteroatoms. The van der Waals surface area contributed by atoms with E-state index in [4.69, 9.17) is 4.74 Å². The summed E-state index contributed by atoms with van der Waals surface area (Å²) >= 11 is 0. The zero-order valence-corrected chi connectivity index (χ0v) is 15.0. The quantitative estimate of drug-likeness (QED) is 0.660. The first kappa shape index (κ1) is 15.8. The maximum Gasteiger partial charge on any atom is 0.162 e. The summed E-state index contributed by atoms with van der Waals surface area (Å²) in [6, 6.07) is 3.23. The van der Waals surface area contributed by atoms with Crippen LogP contribution in [-0.4, -0.2) is 12.4 Å². The molecule has 0 unspecified atom stereocenters. The van der Waals surface area contributed by atoms with E-state index >= 15 is 0 Å². The van der Waals surface area contributed by atoms with Crippen molar-refractivity contribution in [2.75, 3.05) is 6.61 Å². The summed E-state index contributed by atoms with van der Waals surface area (Å²) in [4.78, 5) is 11.7. The number of ketones is 1. The smallest absolute Gasteiger partial charge is 0.162 e. The van der Waals surface area contributed by atoms with E-state index in [1.54, 1.807) is 6.07 Å². The summed E-state index contributed by atoms with van der Waals surface area (Å²) in [6.45, 7) is 2.17. The summed E-state index contributed by atoms with van der Waals surface area (Å²) in [5, 5.41) is 0. The van der Waals surface area contributed by atoms with E-state index in [1.165, 1.54) is 51.5 Å². The molecule has 6 rings (SSSR count). The molecule has 0 aromatic heterocycles. The molecule has 4 bridgehead atoms. The Morgan fingerprint density at radius 2 is 1.72 bits per heavy atom.